The van der Waals surface area contributed by atoms with Crippen LogP contribution in [0.1, 0.15) is 31.7 Å². The third-order valence-corrected chi connectivity index (χ3v) is 6.53. The summed E-state index contributed by atoms with van der Waals surface area (Å²) >= 11 is 0. The number of amides is 1. The van der Waals surface area contributed by atoms with Gasteiger partial charge in [0, 0.05) is 49.2 Å². The lowest BCUT2D eigenvalue weighted by Gasteiger charge is -2.31. The van der Waals surface area contributed by atoms with Gasteiger partial charge in [0.15, 0.2) is 5.65 Å². The van der Waals surface area contributed by atoms with E-state index in [1.54, 1.807) is 6.92 Å². The number of nitrogen functional groups attached to an aromatic ring is 1. The lowest BCUT2D eigenvalue weighted by molar-refractivity contribution is -0.130. The summed E-state index contributed by atoms with van der Waals surface area (Å²) in [5.41, 5.74) is 11.2. The van der Waals surface area contributed by atoms with E-state index in [9.17, 15) is 4.79 Å². The predicted octanol–water partition coefficient (Wildman–Crippen LogP) is 3.51. The van der Waals surface area contributed by atoms with Crippen molar-refractivity contribution in [2.75, 3.05) is 18.8 Å². The Morgan fingerprint density at radius 1 is 1.26 bits per heavy atom. The van der Waals surface area contributed by atoms with Crippen LogP contribution in [-0.4, -0.2) is 48.6 Å². The number of hydrogen-bond acceptors (Lipinski definition) is 5. The number of nitrogens with zero attached hydrogens (tertiary/aromatic N) is 5. The number of fused-ring (bicyclic) bond motifs is 2. The van der Waals surface area contributed by atoms with E-state index in [-0.39, 0.29) is 5.91 Å². The summed E-state index contributed by atoms with van der Waals surface area (Å²) in [5, 5.41) is 6.91. The van der Waals surface area contributed by atoms with Crippen molar-refractivity contribution in [2.45, 2.75) is 39.7 Å². The predicted molar refractivity (Wildman–Crippen MR) is 121 cm³/mol. The molecule has 1 aliphatic rings. The molecule has 8 heteroatoms. The standard InChI is InChI=1S/C23H27N7O/c1-14-12-25-19-4-3-17(11-18(14)19)21-20-22(24)26-13-27-23(20)30(28-21)10-7-16-5-8-29(9-6-16)15(2)31/h3-4,11-13,16,25H,5-10H2,1-2H3,(H2,24,26,27). The summed E-state index contributed by atoms with van der Waals surface area (Å²) in [5.74, 6) is 1.20. The van der Waals surface area contributed by atoms with Gasteiger partial charge in [0.1, 0.15) is 17.8 Å². The SMILES string of the molecule is CC(=O)N1CCC(CCn2nc(-c3ccc4[nH]cc(C)c4c3)c3c(N)ncnc32)CC1. The largest absolute Gasteiger partial charge is 0.383 e. The average Bonchev–Trinajstić information content (AvgIpc) is 3.34. The molecule has 3 N–H and O–H groups in total. The number of carbonyl (C=O) groups is 1. The molecule has 0 radical (unpaired) electrons. The minimum absolute atomic E-state index is 0.169. The van der Waals surface area contributed by atoms with Gasteiger partial charge in [-0.25, -0.2) is 14.6 Å². The monoisotopic (exact) mass is 417 g/mol. The maximum atomic E-state index is 11.6. The number of aromatic amines is 1. The summed E-state index contributed by atoms with van der Waals surface area (Å²) in [6, 6.07) is 6.29. The molecule has 0 unspecified atom stereocenters. The third kappa shape index (κ3) is 3.52. The van der Waals surface area contributed by atoms with Gasteiger partial charge in [0.05, 0.1) is 5.39 Å². The van der Waals surface area contributed by atoms with Gasteiger partial charge < -0.3 is 15.6 Å². The Morgan fingerprint density at radius 2 is 2.06 bits per heavy atom. The molecule has 1 aromatic carbocycles. The van der Waals surface area contributed by atoms with Crippen LogP contribution in [0.15, 0.2) is 30.7 Å². The molecule has 4 heterocycles. The zero-order valence-electron chi connectivity index (χ0n) is 17.9. The first-order chi connectivity index (χ1) is 15.0. The normalized spacial score (nSPS) is 15.2. The number of likely N-dealkylation sites (tertiary alicyclic amines) is 1. The smallest absolute Gasteiger partial charge is 0.219 e. The summed E-state index contributed by atoms with van der Waals surface area (Å²) in [6.07, 6.45) is 6.59. The zero-order valence-corrected chi connectivity index (χ0v) is 17.9. The van der Waals surface area contributed by atoms with Gasteiger partial charge in [0.2, 0.25) is 5.91 Å². The Labute approximate surface area is 180 Å². The molecular weight excluding hydrogens is 390 g/mol. The number of anilines is 1. The van der Waals surface area contributed by atoms with Crippen LogP contribution in [0.4, 0.5) is 5.82 Å². The van der Waals surface area contributed by atoms with Crippen molar-refractivity contribution in [2.24, 2.45) is 5.92 Å². The number of hydrogen-bond donors (Lipinski definition) is 2. The lowest BCUT2D eigenvalue weighted by Crippen LogP contribution is -2.37. The summed E-state index contributed by atoms with van der Waals surface area (Å²) in [4.78, 5) is 25.5. The lowest BCUT2D eigenvalue weighted by atomic mass is 9.93. The fourth-order valence-corrected chi connectivity index (χ4v) is 4.64. The van der Waals surface area contributed by atoms with Crippen LogP contribution in [-0.2, 0) is 11.3 Å². The van der Waals surface area contributed by atoms with Crippen molar-refractivity contribution >= 4 is 33.7 Å². The first-order valence-corrected chi connectivity index (χ1v) is 10.8. The van der Waals surface area contributed by atoms with Gasteiger partial charge in [-0.15, -0.1) is 0 Å². The van der Waals surface area contributed by atoms with Gasteiger partial charge >= 0.3 is 0 Å². The van der Waals surface area contributed by atoms with Crippen LogP contribution in [0.2, 0.25) is 0 Å². The van der Waals surface area contributed by atoms with Gasteiger partial charge in [0.25, 0.3) is 0 Å². The molecule has 0 bridgehead atoms. The fourth-order valence-electron chi connectivity index (χ4n) is 4.64. The first kappa shape index (κ1) is 19.5. The zero-order chi connectivity index (χ0) is 21.5. The Kier molecular flexibility index (Phi) is 4.84. The van der Waals surface area contributed by atoms with E-state index in [4.69, 9.17) is 10.8 Å². The number of aryl methyl sites for hydroxylation is 2. The van der Waals surface area contributed by atoms with Crippen molar-refractivity contribution in [3.63, 3.8) is 0 Å². The van der Waals surface area contributed by atoms with Gasteiger partial charge in [-0.05, 0) is 49.8 Å². The van der Waals surface area contributed by atoms with E-state index in [0.717, 1.165) is 66.7 Å². The molecule has 1 fully saturated rings. The maximum absolute atomic E-state index is 11.6. The van der Waals surface area contributed by atoms with Crippen LogP contribution in [0.25, 0.3) is 33.2 Å². The van der Waals surface area contributed by atoms with Gasteiger partial charge in [-0.2, -0.15) is 5.10 Å². The molecule has 0 saturated carbocycles. The Hall–Kier alpha value is -3.42. The van der Waals surface area contributed by atoms with Crippen molar-refractivity contribution < 1.29 is 4.79 Å². The molecule has 0 aliphatic carbocycles. The number of carbonyl (C=O) groups excluding carboxylic acids is 1. The highest BCUT2D eigenvalue weighted by Crippen LogP contribution is 2.33. The molecule has 5 rings (SSSR count). The highest BCUT2D eigenvalue weighted by atomic mass is 16.2. The number of H-pyrrole nitrogens is 1. The molecule has 1 aliphatic heterocycles. The molecule has 1 saturated heterocycles. The highest BCUT2D eigenvalue weighted by Gasteiger charge is 2.22. The summed E-state index contributed by atoms with van der Waals surface area (Å²) < 4.78 is 1.97. The molecule has 31 heavy (non-hydrogen) atoms. The molecule has 0 spiro atoms. The van der Waals surface area contributed by atoms with E-state index in [2.05, 4.69) is 40.1 Å². The average molecular weight is 418 g/mol. The van der Waals surface area contributed by atoms with Gasteiger partial charge in [-0.1, -0.05) is 6.07 Å². The quantitative estimate of drug-likeness (QED) is 0.528. The number of aromatic nitrogens is 5. The van der Waals surface area contributed by atoms with Crippen molar-refractivity contribution in [3.8, 4) is 11.3 Å². The number of benzene rings is 1. The van der Waals surface area contributed by atoms with Crippen molar-refractivity contribution in [1.82, 2.24) is 29.6 Å². The number of piperidine rings is 1. The second-order valence-corrected chi connectivity index (χ2v) is 8.50. The Bertz CT molecular complexity index is 1260. The van der Waals surface area contributed by atoms with Crippen molar-refractivity contribution in [3.05, 3.63) is 36.3 Å². The fraction of sp³-hybridized carbons (Fsp3) is 0.391. The van der Waals surface area contributed by atoms with E-state index in [0.29, 0.717) is 11.7 Å². The van der Waals surface area contributed by atoms with E-state index >= 15 is 0 Å². The third-order valence-electron chi connectivity index (χ3n) is 6.53. The van der Waals surface area contributed by atoms with Crippen LogP contribution in [0.3, 0.4) is 0 Å². The second kappa shape index (κ2) is 7.68. The minimum Gasteiger partial charge on any atom is -0.383 e. The molecule has 3 aromatic heterocycles. The molecule has 8 nitrogen and oxygen atoms in total. The molecule has 1 amide bonds. The minimum atomic E-state index is 0.169. The highest BCUT2D eigenvalue weighted by molar-refractivity contribution is 6.00. The number of nitrogens with one attached hydrogen (secondary N) is 1. The van der Waals surface area contributed by atoms with E-state index in [1.165, 1.54) is 17.3 Å². The van der Waals surface area contributed by atoms with Crippen LogP contribution >= 0.6 is 0 Å². The van der Waals surface area contributed by atoms with Crippen LogP contribution in [0.5, 0.6) is 0 Å². The van der Waals surface area contributed by atoms with Crippen LogP contribution in [0, 0.1) is 12.8 Å². The maximum Gasteiger partial charge on any atom is 0.219 e. The van der Waals surface area contributed by atoms with E-state index < -0.39 is 0 Å². The Morgan fingerprint density at radius 3 is 2.84 bits per heavy atom. The first-order valence-electron chi connectivity index (χ1n) is 10.8. The van der Waals surface area contributed by atoms with Crippen LogP contribution < -0.4 is 5.73 Å². The molecular formula is C23H27N7O. The second-order valence-electron chi connectivity index (χ2n) is 8.50. The molecule has 0 atom stereocenters. The number of nitrogens with two attached hydrogens (primary N) is 1. The molecule has 4 aromatic rings. The summed E-state index contributed by atoms with van der Waals surface area (Å²) in [6.45, 7) is 6.19. The van der Waals surface area contributed by atoms with Crippen molar-refractivity contribution in [1.29, 1.82) is 0 Å². The molecule has 160 valence electrons. The Balaban J connectivity index is 1.45. The number of rotatable bonds is 4. The van der Waals surface area contributed by atoms with Gasteiger partial charge in [-0.3, -0.25) is 4.79 Å². The van der Waals surface area contributed by atoms with E-state index in [1.807, 2.05) is 15.8 Å². The summed E-state index contributed by atoms with van der Waals surface area (Å²) in [7, 11) is 0. The topological polar surface area (TPSA) is 106 Å².